The van der Waals surface area contributed by atoms with Crippen molar-refractivity contribution in [3.8, 4) is 0 Å². The minimum absolute atomic E-state index is 0.00817. The van der Waals surface area contributed by atoms with E-state index >= 15 is 0 Å². The van der Waals surface area contributed by atoms with Crippen LogP contribution in [0.15, 0.2) is 15.7 Å². The van der Waals surface area contributed by atoms with Crippen molar-refractivity contribution in [2.75, 3.05) is 6.61 Å². The van der Waals surface area contributed by atoms with Crippen molar-refractivity contribution < 1.29 is 23.4 Å². The van der Waals surface area contributed by atoms with Crippen LogP contribution < -0.4 is 4.72 Å². The number of aliphatic hydroxyl groups excluding tert-OH is 1. The van der Waals surface area contributed by atoms with Gasteiger partial charge in [0, 0.05) is 18.0 Å². The van der Waals surface area contributed by atoms with Crippen LogP contribution >= 0.6 is 11.3 Å². The van der Waals surface area contributed by atoms with Gasteiger partial charge >= 0.3 is 5.97 Å². The summed E-state index contributed by atoms with van der Waals surface area (Å²) >= 11 is 0.870. The van der Waals surface area contributed by atoms with Gasteiger partial charge in [0.1, 0.15) is 4.21 Å². The Bertz CT molecular complexity index is 508. The largest absolute Gasteiger partial charge is 0.478 e. The van der Waals surface area contributed by atoms with Gasteiger partial charge in [-0.05, 0) is 25.8 Å². The first-order valence-electron chi connectivity index (χ1n) is 5.32. The predicted molar refractivity (Wildman–Crippen MR) is 67.4 cm³/mol. The molecule has 0 fully saturated rings. The predicted octanol–water partition coefficient (Wildman–Crippen LogP) is 0.886. The SMILES string of the molecule is CC(CCCO)NS(=O)(=O)c1cc(C(=O)O)cs1. The fourth-order valence-corrected chi connectivity index (χ4v) is 3.80. The van der Waals surface area contributed by atoms with Crippen LogP contribution in [0, 0.1) is 0 Å². The van der Waals surface area contributed by atoms with E-state index < -0.39 is 16.0 Å². The van der Waals surface area contributed by atoms with Crippen LogP contribution in [0.1, 0.15) is 30.1 Å². The molecule has 0 saturated heterocycles. The van der Waals surface area contributed by atoms with Crippen LogP contribution in [-0.4, -0.2) is 37.2 Å². The summed E-state index contributed by atoms with van der Waals surface area (Å²) in [5, 5.41) is 18.7. The van der Waals surface area contributed by atoms with Crippen molar-refractivity contribution in [1.82, 2.24) is 4.72 Å². The molecule has 102 valence electrons. The molecule has 0 radical (unpaired) electrons. The summed E-state index contributed by atoms with van der Waals surface area (Å²) in [6.07, 6.45) is 1.03. The molecule has 18 heavy (non-hydrogen) atoms. The number of hydrogen-bond acceptors (Lipinski definition) is 5. The molecule has 0 spiro atoms. The highest BCUT2D eigenvalue weighted by Gasteiger charge is 2.20. The fraction of sp³-hybridized carbons (Fsp3) is 0.500. The number of carboxylic acid groups (broad SMARTS) is 1. The van der Waals surface area contributed by atoms with E-state index in [0.717, 1.165) is 17.4 Å². The van der Waals surface area contributed by atoms with Crippen molar-refractivity contribution >= 4 is 27.3 Å². The highest BCUT2D eigenvalue weighted by molar-refractivity contribution is 7.91. The summed E-state index contributed by atoms with van der Waals surface area (Å²) < 4.78 is 26.2. The van der Waals surface area contributed by atoms with E-state index in [-0.39, 0.29) is 22.4 Å². The second kappa shape index (κ2) is 6.28. The van der Waals surface area contributed by atoms with Gasteiger partial charge in [0.25, 0.3) is 0 Å². The number of aromatic carboxylic acids is 1. The van der Waals surface area contributed by atoms with Crippen LogP contribution in [0.4, 0.5) is 0 Å². The maximum absolute atomic E-state index is 11.9. The van der Waals surface area contributed by atoms with Gasteiger partial charge in [-0.1, -0.05) is 0 Å². The summed E-state index contributed by atoms with van der Waals surface area (Å²) in [5.74, 6) is -1.15. The second-order valence-electron chi connectivity index (χ2n) is 3.85. The summed E-state index contributed by atoms with van der Waals surface area (Å²) in [4.78, 5) is 10.7. The lowest BCUT2D eigenvalue weighted by atomic mass is 10.2. The van der Waals surface area contributed by atoms with Gasteiger partial charge in [-0.2, -0.15) is 0 Å². The van der Waals surface area contributed by atoms with Crippen molar-refractivity contribution in [1.29, 1.82) is 0 Å². The minimum Gasteiger partial charge on any atom is -0.478 e. The van der Waals surface area contributed by atoms with Crippen molar-refractivity contribution in [3.05, 3.63) is 17.0 Å². The Morgan fingerprint density at radius 2 is 2.22 bits per heavy atom. The molecule has 1 rings (SSSR count). The third kappa shape index (κ3) is 4.05. The molecule has 0 aliphatic rings. The first-order valence-corrected chi connectivity index (χ1v) is 7.68. The number of thiophene rings is 1. The number of aliphatic hydroxyl groups is 1. The molecule has 0 amide bonds. The molecule has 0 bridgehead atoms. The Balaban J connectivity index is 2.76. The molecule has 0 aliphatic heterocycles. The first-order chi connectivity index (χ1) is 8.36. The Morgan fingerprint density at radius 1 is 1.56 bits per heavy atom. The number of rotatable bonds is 7. The molecule has 8 heteroatoms. The molecule has 0 aromatic carbocycles. The lowest BCUT2D eigenvalue weighted by molar-refractivity contribution is 0.0697. The van der Waals surface area contributed by atoms with E-state index in [1.165, 1.54) is 5.38 Å². The van der Waals surface area contributed by atoms with Gasteiger partial charge < -0.3 is 10.2 Å². The standard InChI is InChI=1S/C10H15NO5S2/c1-7(3-2-4-12)11-18(15,16)9-5-8(6-17-9)10(13)14/h5-7,11-12H,2-4H2,1H3,(H,13,14). The molecule has 0 aliphatic carbocycles. The zero-order valence-electron chi connectivity index (χ0n) is 9.79. The number of hydrogen-bond donors (Lipinski definition) is 3. The Labute approximate surface area is 109 Å². The van der Waals surface area contributed by atoms with Crippen LogP contribution in [-0.2, 0) is 10.0 Å². The van der Waals surface area contributed by atoms with Crippen LogP contribution in [0.2, 0.25) is 0 Å². The monoisotopic (exact) mass is 293 g/mol. The van der Waals surface area contributed by atoms with Crippen LogP contribution in [0.5, 0.6) is 0 Å². The summed E-state index contributed by atoms with van der Waals surface area (Å²) in [6.45, 7) is 1.70. The highest BCUT2D eigenvalue weighted by Crippen LogP contribution is 2.20. The summed E-state index contributed by atoms with van der Waals surface area (Å²) in [7, 11) is -3.68. The molecular formula is C10H15NO5S2. The highest BCUT2D eigenvalue weighted by atomic mass is 32.2. The van der Waals surface area contributed by atoms with E-state index in [4.69, 9.17) is 10.2 Å². The maximum atomic E-state index is 11.9. The average molecular weight is 293 g/mol. The van der Waals surface area contributed by atoms with Gasteiger partial charge in [-0.25, -0.2) is 17.9 Å². The topological polar surface area (TPSA) is 104 Å². The molecule has 3 N–H and O–H groups in total. The number of carbonyl (C=O) groups is 1. The normalized spacial score (nSPS) is 13.4. The van der Waals surface area contributed by atoms with Gasteiger partial charge in [0.15, 0.2) is 0 Å². The Morgan fingerprint density at radius 3 is 2.72 bits per heavy atom. The molecule has 1 unspecified atom stereocenters. The fourth-order valence-electron chi connectivity index (χ4n) is 1.35. The molecule has 1 aromatic heterocycles. The summed E-state index contributed by atoms with van der Waals surface area (Å²) in [6, 6.07) is 0.825. The molecule has 1 aromatic rings. The third-order valence-electron chi connectivity index (χ3n) is 2.24. The molecular weight excluding hydrogens is 278 g/mol. The minimum atomic E-state index is -3.68. The maximum Gasteiger partial charge on any atom is 0.336 e. The van der Waals surface area contributed by atoms with Gasteiger partial charge in [-0.15, -0.1) is 11.3 Å². The van der Waals surface area contributed by atoms with Gasteiger partial charge in [0.05, 0.1) is 5.56 Å². The van der Waals surface area contributed by atoms with E-state index in [1.54, 1.807) is 6.92 Å². The van der Waals surface area contributed by atoms with Gasteiger partial charge in [-0.3, -0.25) is 0 Å². The number of carboxylic acids is 1. The van der Waals surface area contributed by atoms with Gasteiger partial charge in [0.2, 0.25) is 10.0 Å². The van der Waals surface area contributed by atoms with E-state index in [0.29, 0.717) is 12.8 Å². The Hall–Kier alpha value is -0.960. The zero-order chi connectivity index (χ0) is 13.8. The van der Waals surface area contributed by atoms with Crippen molar-refractivity contribution in [2.45, 2.75) is 30.0 Å². The average Bonchev–Trinajstić information content (AvgIpc) is 2.75. The van der Waals surface area contributed by atoms with E-state index in [1.807, 2.05) is 0 Å². The summed E-state index contributed by atoms with van der Waals surface area (Å²) in [5.41, 5.74) is -0.0385. The lowest BCUT2D eigenvalue weighted by Gasteiger charge is -2.12. The molecule has 0 saturated carbocycles. The van der Waals surface area contributed by atoms with Crippen LogP contribution in [0.25, 0.3) is 0 Å². The molecule has 1 heterocycles. The number of nitrogens with one attached hydrogen (secondary N) is 1. The van der Waals surface area contributed by atoms with Crippen molar-refractivity contribution in [3.63, 3.8) is 0 Å². The Kier molecular flexibility index (Phi) is 5.27. The van der Waals surface area contributed by atoms with E-state index in [9.17, 15) is 13.2 Å². The smallest absolute Gasteiger partial charge is 0.336 e. The molecule has 1 atom stereocenters. The van der Waals surface area contributed by atoms with Crippen LogP contribution in [0.3, 0.4) is 0 Å². The quantitative estimate of drug-likeness (QED) is 0.692. The second-order valence-corrected chi connectivity index (χ2v) is 6.70. The molecule has 6 nitrogen and oxygen atoms in total. The van der Waals surface area contributed by atoms with E-state index in [2.05, 4.69) is 4.72 Å². The third-order valence-corrected chi connectivity index (χ3v) is 5.27. The lowest BCUT2D eigenvalue weighted by Crippen LogP contribution is -2.32. The zero-order valence-corrected chi connectivity index (χ0v) is 11.4. The first kappa shape index (κ1) is 15.1. The van der Waals surface area contributed by atoms with Crippen molar-refractivity contribution in [2.24, 2.45) is 0 Å². The number of sulfonamides is 1.